The first kappa shape index (κ1) is 17.0. The van der Waals surface area contributed by atoms with Crippen LogP contribution < -0.4 is 9.63 Å². The van der Waals surface area contributed by atoms with Crippen molar-refractivity contribution in [2.24, 2.45) is 10.2 Å². The second-order valence-electron chi connectivity index (χ2n) is 4.41. The Morgan fingerprint density at radius 1 is 1.18 bits per heavy atom. The van der Waals surface area contributed by atoms with Gasteiger partial charge in [0.25, 0.3) is 0 Å². The molecule has 0 spiro atoms. The van der Waals surface area contributed by atoms with Crippen LogP contribution in [-0.2, 0) is 0 Å². The van der Waals surface area contributed by atoms with Gasteiger partial charge in [0.2, 0.25) is 0 Å². The minimum Gasteiger partial charge on any atom is -0.710 e. The number of nitro groups is 1. The number of anilines is 1. The van der Waals surface area contributed by atoms with Crippen LogP contribution in [0.1, 0.15) is 7.43 Å². The molecule has 8 heteroatoms. The molecule has 1 heterocycles. The Labute approximate surface area is 128 Å². The van der Waals surface area contributed by atoms with E-state index in [0.717, 1.165) is 0 Å². The van der Waals surface area contributed by atoms with Gasteiger partial charge in [-0.2, -0.15) is 0 Å². The number of nitrogens with zero attached hydrogens (tertiary/aromatic N) is 5. The molecule has 0 aliphatic carbocycles. The number of aromatic nitrogens is 1. The molecule has 1 aromatic carbocycles. The molecule has 8 nitrogen and oxygen atoms in total. The van der Waals surface area contributed by atoms with Gasteiger partial charge in [-0.05, 0) is 23.3 Å². The van der Waals surface area contributed by atoms with Crippen LogP contribution in [0, 0.1) is 15.3 Å². The van der Waals surface area contributed by atoms with Gasteiger partial charge in [-0.15, -0.1) is 0 Å². The second-order valence-corrected chi connectivity index (χ2v) is 4.41. The van der Waals surface area contributed by atoms with E-state index in [2.05, 4.69) is 10.2 Å². The first-order valence-electron chi connectivity index (χ1n) is 6.05. The summed E-state index contributed by atoms with van der Waals surface area (Å²) in [5, 5.41) is 30.1. The highest BCUT2D eigenvalue weighted by molar-refractivity contribution is 5.65. The highest BCUT2D eigenvalue weighted by Crippen LogP contribution is 2.32. The van der Waals surface area contributed by atoms with Gasteiger partial charge in [-0.25, -0.2) is 4.73 Å². The molecular weight excluding hydrogens is 286 g/mol. The van der Waals surface area contributed by atoms with Crippen LogP contribution in [0.2, 0.25) is 0 Å². The molecular formula is C14H17N5O3. The topological polar surface area (TPSA) is 98.0 Å². The number of hydrogen-bond donors (Lipinski definition) is 0. The smallest absolute Gasteiger partial charge is 0.353 e. The molecule has 22 heavy (non-hydrogen) atoms. The molecule has 0 amide bonds. The van der Waals surface area contributed by atoms with Crippen LogP contribution in [-0.4, -0.2) is 19.0 Å². The minimum atomic E-state index is -0.530. The number of pyridine rings is 1. The summed E-state index contributed by atoms with van der Waals surface area (Å²) in [5.41, 5.74) is 0.604. The Kier molecular flexibility index (Phi) is 5.50. The number of hydrogen-bond acceptors (Lipinski definition) is 6. The van der Waals surface area contributed by atoms with Gasteiger partial charge in [-0.3, -0.25) is 10.1 Å². The van der Waals surface area contributed by atoms with Gasteiger partial charge < -0.3 is 10.1 Å². The lowest BCUT2D eigenvalue weighted by atomic mass is 10.2. The summed E-state index contributed by atoms with van der Waals surface area (Å²) in [6.07, 6.45) is 1.28. The lowest BCUT2D eigenvalue weighted by Crippen LogP contribution is -2.24. The fraction of sp³-hybridized carbons (Fsp3) is 0.214. The van der Waals surface area contributed by atoms with Crippen molar-refractivity contribution >= 4 is 22.9 Å². The molecule has 1 aromatic heterocycles. The number of benzene rings is 1. The van der Waals surface area contributed by atoms with Crippen LogP contribution in [0.4, 0.5) is 22.9 Å². The summed E-state index contributed by atoms with van der Waals surface area (Å²) in [6, 6.07) is 9.25. The van der Waals surface area contributed by atoms with Crippen LogP contribution in [0.15, 0.2) is 52.8 Å². The van der Waals surface area contributed by atoms with Crippen molar-refractivity contribution in [1.82, 2.24) is 0 Å². The summed E-state index contributed by atoms with van der Waals surface area (Å²) in [6.45, 7) is 0. The summed E-state index contributed by atoms with van der Waals surface area (Å²) in [4.78, 5) is 12.3. The quantitative estimate of drug-likeness (QED) is 0.284. The lowest BCUT2D eigenvalue weighted by Gasteiger charge is -2.11. The molecule has 2 aromatic rings. The van der Waals surface area contributed by atoms with E-state index in [4.69, 9.17) is 0 Å². The highest BCUT2D eigenvalue weighted by atomic mass is 16.6. The third-order valence-electron chi connectivity index (χ3n) is 2.74. The minimum absolute atomic E-state index is 0. The lowest BCUT2D eigenvalue weighted by molar-refractivity contribution is -0.591. The van der Waals surface area contributed by atoms with E-state index in [1.165, 1.54) is 24.4 Å². The van der Waals surface area contributed by atoms with Gasteiger partial charge in [-0.1, -0.05) is 13.5 Å². The Morgan fingerprint density at radius 2 is 1.91 bits per heavy atom. The normalized spacial score (nSPS) is 10.3. The van der Waals surface area contributed by atoms with E-state index in [1.54, 1.807) is 37.2 Å². The number of nitro benzene ring substituents is 1. The van der Waals surface area contributed by atoms with Crippen LogP contribution in [0.5, 0.6) is 0 Å². The molecule has 0 radical (unpaired) electrons. The largest absolute Gasteiger partial charge is 0.710 e. The van der Waals surface area contributed by atoms with Gasteiger partial charge in [0.15, 0.2) is 5.69 Å². The van der Waals surface area contributed by atoms with Gasteiger partial charge in [0, 0.05) is 31.9 Å². The summed E-state index contributed by atoms with van der Waals surface area (Å²) >= 11 is 0. The SMILES string of the molecule is C.CN(C)c1ccc(N=Nc2cccc[n+]2[O-])c([N+](=O)[O-])c1. The third kappa shape index (κ3) is 3.75. The monoisotopic (exact) mass is 303 g/mol. The van der Waals surface area contributed by atoms with Crippen molar-refractivity contribution in [3.05, 3.63) is 57.9 Å². The average Bonchev–Trinajstić information content (AvgIpc) is 2.46. The first-order chi connectivity index (χ1) is 9.99. The molecule has 0 N–H and O–H groups in total. The highest BCUT2D eigenvalue weighted by Gasteiger charge is 2.17. The summed E-state index contributed by atoms with van der Waals surface area (Å²) < 4.78 is 0.531. The van der Waals surface area contributed by atoms with E-state index >= 15 is 0 Å². The van der Waals surface area contributed by atoms with E-state index < -0.39 is 4.92 Å². The Balaban J connectivity index is 0.00000242. The Morgan fingerprint density at radius 3 is 2.50 bits per heavy atom. The molecule has 0 saturated carbocycles. The third-order valence-corrected chi connectivity index (χ3v) is 2.74. The summed E-state index contributed by atoms with van der Waals surface area (Å²) in [5.74, 6) is 0.0588. The van der Waals surface area contributed by atoms with Crippen molar-refractivity contribution in [1.29, 1.82) is 0 Å². The average molecular weight is 303 g/mol. The molecule has 0 atom stereocenters. The molecule has 0 unspecified atom stereocenters. The maximum Gasteiger partial charge on any atom is 0.353 e. The fourth-order valence-corrected chi connectivity index (χ4v) is 1.62. The zero-order chi connectivity index (χ0) is 15.4. The van der Waals surface area contributed by atoms with E-state index in [1.807, 2.05) is 0 Å². The molecule has 0 bridgehead atoms. The maximum atomic E-state index is 11.4. The van der Waals surface area contributed by atoms with Crippen molar-refractivity contribution in [2.75, 3.05) is 19.0 Å². The van der Waals surface area contributed by atoms with Crippen LogP contribution >= 0.6 is 0 Å². The zero-order valence-electron chi connectivity index (χ0n) is 11.5. The molecule has 0 fully saturated rings. The predicted molar refractivity (Wildman–Crippen MR) is 83.7 cm³/mol. The standard InChI is InChI=1S/C13H13N5O3.CH4/c1-16(2)10-6-7-11(12(9-10)18(20)21)14-15-13-5-3-4-8-17(13)19;/h3-9H,1-2H3;1H4. The number of azo groups is 1. The van der Waals surface area contributed by atoms with Crippen molar-refractivity contribution in [2.45, 2.75) is 7.43 Å². The van der Waals surface area contributed by atoms with Crippen molar-refractivity contribution in [3.8, 4) is 0 Å². The van der Waals surface area contributed by atoms with E-state index in [0.29, 0.717) is 10.4 Å². The van der Waals surface area contributed by atoms with Gasteiger partial charge in [0.05, 0.1) is 16.2 Å². The first-order valence-corrected chi connectivity index (χ1v) is 6.05. The second kappa shape index (κ2) is 7.11. The van der Waals surface area contributed by atoms with Crippen molar-refractivity contribution < 1.29 is 9.65 Å². The molecule has 2 rings (SSSR count). The predicted octanol–water partition coefficient (Wildman–Crippen LogP) is 3.35. The molecule has 0 aliphatic rings. The van der Waals surface area contributed by atoms with Crippen LogP contribution in [0.3, 0.4) is 0 Å². The van der Waals surface area contributed by atoms with E-state index in [-0.39, 0.29) is 24.6 Å². The number of rotatable bonds is 4. The Hall–Kier alpha value is -3.03. The van der Waals surface area contributed by atoms with E-state index in [9.17, 15) is 15.3 Å². The maximum absolute atomic E-state index is 11.4. The van der Waals surface area contributed by atoms with Gasteiger partial charge in [0.1, 0.15) is 0 Å². The fourth-order valence-electron chi connectivity index (χ4n) is 1.62. The molecule has 0 aliphatic heterocycles. The summed E-state index contributed by atoms with van der Waals surface area (Å²) in [7, 11) is 3.56. The Bertz CT molecular complexity index is 701. The molecule has 0 saturated heterocycles. The van der Waals surface area contributed by atoms with Crippen molar-refractivity contribution in [3.63, 3.8) is 0 Å². The van der Waals surface area contributed by atoms with Crippen LogP contribution in [0.25, 0.3) is 0 Å². The zero-order valence-corrected chi connectivity index (χ0v) is 11.5. The molecule has 116 valence electrons. The van der Waals surface area contributed by atoms with Gasteiger partial charge >= 0.3 is 11.5 Å².